The van der Waals surface area contributed by atoms with E-state index < -0.39 is 0 Å². The number of nitrogens with zero attached hydrogens (tertiary/aromatic N) is 2. The Morgan fingerprint density at radius 3 is 2.27 bits per heavy atom. The fraction of sp³-hybridized carbons (Fsp3) is 0.0435. The second kappa shape index (κ2) is 8.01. The lowest BCUT2D eigenvalue weighted by Crippen LogP contribution is -2.29. The number of hydrogen-bond acceptors (Lipinski definition) is 5. The molecule has 4 nitrogen and oxygen atoms in total. The minimum Gasteiger partial charge on any atom is -0.431 e. The molecule has 148 valence electrons. The van der Waals surface area contributed by atoms with Gasteiger partial charge in [-0.1, -0.05) is 47.8 Å². The van der Waals surface area contributed by atoms with E-state index in [-0.39, 0.29) is 17.5 Å². The Hall–Kier alpha value is -3.03. The lowest BCUT2D eigenvalue weighted by molar-refractivity contribution is -0.115. The molecule has 0 unspecified atom stereocenters. The molecule has 7 heteroatoms. The van der Waals surface area contributed by atoms with Gasteiger partial charge in [0.15, 0.2) is 5.76 Å². The summed E-state index contributed by atoms with van der Waals surface area (Å²) in [5.41, 5.74) is 2.50. The fourth-order valence-corrected chi connectivity index (χ4v) is 4.94. The summed E-state index contributed by atoms with van der Waals surface area (Å²) in [4.78, 5) is 21.3. The molecule has 0 aliphatic carbocycles. The van der Waals surface area contributed by atoms with E-state index in [9.17, 15) is 9.18 Å². The van der Waals surface area contributed by atoms with Gasteiger partial charge in [-0.25, -0.2) is 9.37 Å². The van der Waals surface area contributed by atoms with Crippen LogP contribution in [0.1, 0.15) is 0 Å². The van der Waals surface area contributed by atoms with Gasteiger partial charge < -0.3 is 4.42 Å². The molecule has 2 heterocycles. The number of anilines is 2. The third-order valence-corrected chi connectivity index (χ3v) is 6.57. The number of carbonyl (C=O) groups is 1. The number of halogens is 1. The first kappa shape index (κ1) is 19.0. The van der Waals surface area contributed by atoms with Crippen LogP contribution < -0.4 is 4.90 Å². The van der Waals surface area contributed by atoms with Crippen molar-refractivity contribution in [2.24, 2.45) is 0 Å². The number of hydrogen-bond donors (Lipinski definition) is 0. The Labute approximate surface area is 181 Å². The SMILES string of the molecule is O=C(CSc1ncc(-c2ccc(F)cc2)o1)N1c2ccccc2Sc2ccccc21. The molecule has 3 aromatic carbocycles. The lowest BCUT2D eigenvalue weighted by atomic mass is 10.2. The fourth-order valence-electron chi connectivity index (χ4n) is 3.23. The van der Waals surface area contributed by atoms with E-state index in [1.807, 2.05) is 48.5 Å². The van der Waals surface area contributed by atoms with E-state index >= 15 is 0 Å². The molecule has 1 aromatic heterocycles. The van der Waals surface area contributed by atoms with E-state index in [4.69, 9.17) is 4.42 Å². The highest BCUT2D eigenvalue weighted by Crippen LogP contribution is 2.48. The van der Waals surface area contributed by atoms with Crippen LogP contribution in [0.2, 0.25) is 0 Å². The summed E-state index contributed by atoms with van der Waals surface area (Å²) in [7, 11) is 0. The van der Waals surface area contributed by atoms with E-state index in [1.54, 1.807) is 35.0 Å². The second-order valence-corrected chi connectivity index (χ2v) is 8.56. The highest BCUT2D eigenvalue weighted by atomic mass is 32.2. The molecule has 0 radical (unpaired) electrons. The van der Waals surface area contributed by atoms with Crippen molar-refractivity contribution >= 4 is 40.8 Å². The van der Waals surface area contributed by atoms with Crippen LogP contribution in [0, 0.1) is 5.82 Å². The molecule has 5 rings (SSSR count). The maximum absolute atomic E-state index is 13.2. The number of fused-ring (bicyclic) bond motifs is 2. The van der Waals surface area contributed by atoms with Gasteiger partial charge in [-0.05, 0) is 48.5 Å². The number of oxazole rings is 1. The number of para-hydroxylation sites is 2. The van der Waals surface area contributed by atoms with Crippen molar-refractivity contribution in [3.05, 3.63) is 84.8 Å². The Balaban J connectivity index is 1.36. The predicted octanol–water partition coefficient (Wildman–Crippen LogP) is 6.40. The van der Waals surface area contributed by atoms with Crippen molar-refractivity contribution in [2.45, 2.75) is 15.0 Å². The zero-order chi connectivity index (χ0) is 20.5. The number of benzene rings is 3. The van der Waals surface area contributed by atoms with Gasteiger partial charge in [0.25, 0.3) is 5.22 Å². The molecule has 0 N–H and O–H groups in total. The van der Waals surface area contributed by atoms with E-state index in [2.05, 4.69) is 4.98 Å². The molecule has 1 amide bonds. The molecule has 0 saturated heterocycles. The summed E-state index contributed by atoms with van der Waals surface area (Å²) in [6.07, 6.45) is 1.59. The minimum atomic E-state index is -0.307. The van der Waals surface area contributed by atoms with Crippen molar-refractivity contribution in [3.8, 4) is 11.3 Å². The average molecular weight is 435 g/mol. The molecule has 0 spiro atoms. The Morgan fingerprint density at radius 2 is 1.60 bits per heavy atom. The first-order chi connectivity index (χ1) is 14.7. The first-order valence-corrected chi connectivity index (χ1v) is 11.0. The summed E-state index contributed by atoms with van der Waals surface area (Å²) < 4.78 is 18.9. The van der Waals surface area contributed by atoms with Crippen LogP contribution in [0.4, 0.5) is 15.8 Å². The third kappa shape index (κ3) is 3.62. The van der Waals surface area contributed by atoms with Gasteiger partial charge in [-0.2, -0.15) is 0 Å². The molecule has 0 bridgehead atoms. The molecule has 1 aliphatic rings. The first-order valence-electron chi connectivity index (χ1n) is 9.22. The summed E-state index contributed by atoms with van der Waals surface area (Å²) in [5.74, 6) is 0.354. The van der Waals surface area contributed by atoms with Crippen molar-refractivity contribution < 1.29 is 13.6 Å². The van der Waals surface area contributed by atoms with E-state index in [0.29, 0.717) is 11.0 Å². The van der Waals surface area contributed by atoms with Gasteiger partial charge in [-0.15, -0.1) is 0 Å². The van der Waals surface area contributed by atoms with E-state index in [0.717, 1.165) is 26.7 Å². The minimum absolute atomic E-state index is 0.0540. The average Bonchev–Trinajstić information content (AvgIpc) is 3.25. The third-order valence-electron chi connectivity index (χ3n) is 4.61. The van der Waals surface area contributed by atoms with E-state index in [1.165, 1.54) is 23.9 Å². The van der Waals surface area contributed by atoms with Gasteiger partial charge in [0.1, 0.15) is 5.82 Å². The number of amides is 1. The van der Waals surface area contributed by atoms with Gasteiger partial charge in [-0.3, -0.25) is 9.69 Å². The lowest BCUT2D eigenvalue weighted by Gasteiger charge is -2.30. The van der Waals surface area contributed by atoms with Crippen LogP contribution in [-0.2, 0) is 4.79 Å². The zero-order valence-electron chi connectivity index (χ0n) is 15.6. The standard InChI is InChI=1S/C23H15FN2O2S2/c24-16-11-9-15(10-12-16)19-13-25-23(28-19)29-14-22(27)26-17-5-1-3-7-20(17)30-21-8-4-2-6-18(21)26/h1-13H,14H2. The smallest absolute Gasteiger partial charge is 0.256 e. The monoisotopic (exact) mass is 434 g/mol. The molecular weight excluding hydrogens is 419 g/mol. The van der Waals surface area contributed by atoms with Crippen LogP contribution in [0.25, 0.3) is 11.3 Å². The van der Waals surface area contributed by atoms with Gasteiger partial charge in [0, 0.05) is 15.4 Å². The predicted molar refractivity (Wildman–Crippen MR) is 117 cm³/mol. The topological polar surface area (TPSA) is 46.3 Å². The maximum atomic E-state index is 13.2. The normalized spacial score (nSPS) is 12.4. The van der Waals surface area contributed by atoms with Gasteiger partial charge in [0.05, 0.1) is 23.3 Å². The molecule has 1 aliphatic heterocycles. The van der Waals surface area contributed by atoms with Crippen molar-refractivity contribution in [1.82, 2.24) is 4.98 Å². The van der Waals surface area contributed by atoms with Crippen LogP contribution in [0.5, 0.6) is 0 Å². The number of rotatable bonds is 4. The molecule has 30 heavy (non-hydrogen) atoms. The molecular formula is C23H15FN2O2S2. The van der Waals surface area contributed by atoms with Crippen LogP contribution in [0.15, 0.2) is 98.4 Å². The van der Waals surface area contributed by atoms with Crippen molar-refractivity contribution in [1.29, 1.82) is 0 Å². The van der Waals surface area contributed by atoms with Gasteiger partial charge >= 0.3 is 0 Å². The van der Waals surface area contributed by atoms with Crippen LogP contribution in [0.3, 0.4) is 0 Å². The number of carbonyl (C=O) groups excluding carboxylic acids is 1. The van der Waals surface area contributed by atoms with Crippen LogP contribution in [-0.4, -0.2) is 16.6 Å². The van der Waals surface area contributed by atoms with Crippen molar-refractivity contribution in [3.63, 3.8) is 0 Å². The highest BCUT2D eigenvalue weighted by Gasteiger charge is 2.28. The largest absolute Gasteiger partial charge is 0.431 e. The Bertz CT molecular complexity index is 1180. The molecule has 0 atom stereocenters. The second-order valence-electron chi connectivity index (χ2n) is 6.55. The number of aromatic nitrogens is 1. The zero-order valence-corrected chi connectivity index (χ0v) is 17.3. The number of thioether (sulfide) groups is 1. The summed E-state index contributed by atoms with van der Waals surface area (Å²) in [6.45, 7) is 0. The maximum Gasteiger partial charge on any atom is 0.256 e. The Kier molecular flexibility index (Phi) is 5.06. The molecule has 0 saturated carbocycles. The summed E-state index contributed by atoms with van der Waals surface area (Å²) in [6, 6.07) is 21.8. The quantitative estimate of drug-likeness (QED) is 0.348. The summed E-state index contributed by atoms with van der Waals surface area (Å²) >= 11 is 2.90. The highest BCUT2D eigenvalue weighted by molar-refractivity contribution is 8.00. The van der Waals surface area contributed by atoms with Crippen molar-refractivity contribution in [2.75, 3.05) is 10.7 Å². The molecule has 4 aromatic rings. The summed E-state index contributed by atoms with van der Waals surface area (Å²) in [5, 5.41) is 0.399. The molecule has 0 fully saturated rings. The van der Waals surface area contributed by atoms with Crippen LogP contribution >= 0.6 is 23.5 Å². The van der Waals surface area contributed by atoms with Gasteiger partial charge in [0.2, 0.25) is 5.91 Å². The Morgan fingerprint density at radius 1 is 0.967 bits per heavy atom.